The van der Waals surface area contributed by atoms with Crippen LogP contribution in [0.15, 0.2) is 30.7 Å². The average molecular weight is 201 g/mol. The Balaban J connectivity index is 2.50. The van der Waals surface area contributed by atoms with E-state index in [1.165, 1.54) is 11.1 Å². The molecule has 15 heavy (non-hydrogen) atoms. The normalized spacial score (nSPS) is 10.6. The molecule has 1 aromatic heterocycles. The van der Waals surface area contributed by atoms with E-state index in [0.29, 0.717) is 6.54 Å². The number of nitrogens with zero attached hydrogens (tertiary/aromatic N) is 2. The van der Waals surface area contributed by atoms with Crippen LogP contribution in [-0.2, 0) is 6.54 Å². The summed E-state index contributed by atoms with van der Waals surface area (Å²) < 4.78 is 2.02. The molecule has 0 amide bonds. The Morgan fingerprint density at radius 1 is 1.27 bits per heavy atom. The van der Waals surface area contributed by atoms with Crippen molar-refractivity contribution in [3.8, 4) is 5.69 Å². The molecular weight excluding hydrogens is 186 g/mol. The van der Waals surface area contributed by atoms with Gasteiger partial charge in [-0.2, -0.15) is 0 Å². The van der Waals surface area contributed by atoms with E-state index in [2.05, 4.69) is 37.0 Å². The molecule has 78 valence electrons. The van der Waals surface area contributed by atoms with Gasteiger partial charge in [0, 0.05) is 18.4 Å². The number of imidazole rings is 1. The number of benzene rings is 1. The third-order valence-electron chi connectivity index (χ3n) is 2.69. The van der Waals surface area contributed by atoms with Crippen LogP contribution in [0.4, 0.5) is 0 Å². The van der Waals surface area contributed by atoms with Crippen LogP contribution in [0.3, 0.4) is 0 Å². The highest BCUT2D eigenvalue weighted by Crippen LogP contribution is 2.15. The van der Waals surface area contributed by atoms with E-state index < -0.39 is 0 Å². The van der Waals surface area contributed by atoms with Crippen LogP contribution < -0.4 is 5.73 Å². The zero-order valence-corrected chi connectivity index (χ0v) is 9.07. The molecule has 1 aromatic carbocycles. The lowest BCUT2D eigenvalue weighted by molar-refractivity contribution is 0.908. The molecule has 3 heteroatoms. The van der Waals surface area contributed by atoms with Crippen LogP contribution in [-0.4, -0.2) is 9.55 Å². The number of aromatic nitrogens is 2. The van der Waals surface area contributed by atoms with Gasteiger partial charge >= 0.3 is 0 Å². The topological polar surface area (TPSA) is 43.8 Å². The van der Waals surface area contributed by atoms with Crippen molar-refractivity contribution in [2.45, 2.75) is 20.4 Å². The van der Waals surface area contributed by atoms with Crippen LogP contribution in [0, 0.1) is 13.8 Å². The summed E-state index contributed by atoms with van der Waals surface area (Å²) in [6.45, 7) is 4.72. The number of hydrogen-bond donors (Lipinski definition) is 1. The first-order valence-electron chi connectivity index (χ1n) is 5.01. The summed E-state index contributed by atoms with van der Waals surface area (Å²) in [6.07, 6.45) is 3.60. The van der Waals surface area contributed by atoms with E-state index in [1.54, 1.807) is 12.5 Å². The van der Waals surface area contributed by atoms with Gasteiger partial charge in [-0.05, 0) is 37.1 Å². The highest BCUT2D eigenvalue weighted by Gasteiger charge is 2.03. The van der Waals surface area contributed by atoms with Gasteiger partial charge in [-0.25, -0.2) is 4.98 Å². The summed E-state index contributed by atoms with van der Waals surface area (Å²) in [5.74, 6) is 0. The third kappa shape index (κ3) is 1.78. The van der Waals surface area contributed by atoms with E-state index in [0.717, 1.165) is 11.4 Å². The standard InChI is InChI=1S/C12H15N3/c1-9-3-4-11(5-10(9)2)15-8-14-7-12(15)6-13/h3-5,7-8H,6,13H2,1-2H3. The summed E-state index contributed by atoms with van der Waals surface area (Å²) in [5.41, 5.74) is 10.4. The maximum atomic E-state index is 5.64. The van der Waals surface area contributed by atoms with Crippen LogP contribution in [0.1, 0.15) is 16.8 Å². The Labute approximate surface area is 89.6 Å². The van der Waals surface area contributed by atoms with Crippen molar-refractivity contribution in [1.29, 1.82) is 0 Å². The first kappa shape index (κ1) is 9.93. The Kier molecular flexibility index (Phi) is 2.56. The quantitative estimate of drug-likeness (QED) is 0.807. The lowest BCUT2D eigenvalue weighted by atomic mass is 10.1. The minimum Gasteiger partial charge on any atom is -0.325 e. The first-order valence-corrected chi connectivity index (χ1v) is 5.01. The SMILES string of the molecule is Cc1ccc(-n2cncc2CN)cc1C. The first-order chi connectivity index (χ1) is 7.22. The summed E-state index contributed by atoms with van der Waals surface area (Å²) in [7, 11) is 0. The second-order valence-corrected chi connectivity index (χ2v) is 3.73. The fourth-order valence-electron chi connectivity index (χ4n) is 1.58. The molecule has 2 aromatic rings. The molecule has 0 saturated carbocycles. The number of hydrogen-bond acceptors (Lipinski definition) is 2. The summed E-state index contributed by atoms with van der Waals surface area (Å²) in [6, 6.07) is 6.35. The molecule has 0 aliphatic rings. The molecule has 0 radical (unpaired) electrons. The number of nitrogens with two attached hydrogens (primary N) is 1. The zero-order valence-electron chi connectivity index (χ0n) is 9.07. The molecule has 0 saturated heterocycles. The maximum Gasteiger partial charge on any atom is 0.0994 e. The molecule has 3 nitrogen and oxygen atoms in total. The highest BCUT2D eigenvalue weighted by atomic mass is 15.1. The summed E-state index contributed by atoms with van der Waals surface area (Å²) in [5, 5.41) is 0. The van der Waals surface area contributed by atoms with Gasteiger partial charge in [0.2, 0.25) is 0 Å². The fourth-order valence-corrected chi connectivity index (χ4v) is 1.58. The van der Waals surface area contributed by atoms with E-state index in [-0.39, 0.29) is 0 Å². The molecule has 1 heterocycles. The molecule has 0 bridgehead atoms. The minimum atomic E-state index is 0.507. The predicted molar refractivity (Wildman–Crippen MR) is 60.9 cm³/mol. The van der Waals surface area contributed by atoms with Crippen molar-refractivity contribution < 1.29 is 0 Å². The Morgan fingerprint density at radius 3 is 2.73 bits per heavy atom. The van der Waals surface area contributed by atoms with Crippen LogP contribution in [0.25, 0.3) is 5.69 Å². The van der Waals surface area contributed by atoms with Gasteiger partial charge in [0.05, 0.1) is 12.0 Å². The molecular formula is C12H15N3. The van der Waals surface area contributed by atoms with Crippen LogP contribution >= 0.6 is 0 Å². The van der Waals surface area contributed by atoms with Crippen molar-refractivity contribution in [2.75, 3.05) is 0 Å². The highest BCUT2D eigenvalue weighted by molar-refractivity contribution is 5.40. The smallest absolute Gasteiger partial charge is 0.0994 e. The van der Waals surface area contributed by atoms with Crippen LogP contribution in [0.5, 0.6) is 0 Å². The molecule has 0 fully saturated rings. The molecule has 0 spiro atoms. The number of aryl methyl sites for hydroxylation is 2. The Hall–Kier alpha value is -1.61. The van der Waals surface area contributed by atoms with Gasteiger partial charge in [0.25, 0.3) is 0 Å². The van der Waals surface area contributed by atoms with E-state index >= 15 is 0 Å². The Bertz CT molecular complexity index is 471. The van der Waals surface area contributed by atoms with Crippen molar-refractivity contribution in [3.63, 3.8) is 0 Å². The second-order valence-electron chi connectivity index (χ2n) is 3.73. The van der Waals surface area contributed by atoms with Gasteiger partial charge in [-0.15, -0.1) is 0 Å². The molecule has 0 unspecified atom stereocenters. The summed E-state index contributed by atoms with van der Waals surface area (Å²) >= 11 is 0. The molecule has 0 aliphatic heterocycles. The number of rotatable bonds is 2. The molecule has 2 N–H and O–H groups in total. The summed E-state index contributed by atoms with van der Waals surface area (Å²) in [4.78, 5) is 4.10. The van der Waals surface area contributed by atoms with E-state index in [9.17, 15) is 0 Å². The molecule has 0 atom stereocenters. The largest absolute Gasteiger partial charge is 0.325 e. The lowest BCUT2D eigenvalue weighted by Gasteiger charge is -2.08. The van der Waals surface area contributed by atoms with Crippen molar-refractivity contribution in [2.24, 2.45) is 5.73 Å². The van der Waals surface area contributed by atoms with Gasteiger partial charge in [0.15, 0.2) is 0 Å². The zero-order chi connectivity index (χ0) is 10.8. The van der Waals surface area contributed by atoms with Crippen molar-refractivity contribution in [3.05, 3.63) is 47.5 Å². The predicted octanol–water partition coefficient (Wildman–Crippen LogP) is 1.95. The maximum absolute atomic E-state index is 5.64. The second kappa shape index (κ2) is 3.87. The average Bonchev–Trinajstić information content (AvgIpc) is 2.70. The lowest BCUT2D eigenvalue weighted by Crippen LogP contribution is -2.04. The molecule has 2 rings (SSSR count). The van der Waals surface area contributed by atoms with Crippen molar-refractivity contribution in [1.82, 2.24) is 9.55 Å². The monoisotopic (exact) mass is 201 g/mol. The van der Waals surface area contributed by atoms with Gasteiger partial charge in [-0.3, -0.25) is 0 Å². The molecule has 0 aliphatic carbocycles. The van der Waals surface area contributed by atoms with E-state index in [4.69, 9.17) is 5.73 Å². The Morgan fingerprint density at radius 2 is 2.07 bits per heavy atom. The van der Waals surface area contributed by atoms with Gasteiger partial charge in [-0.1, -0.05) is 6.07 Å². The van der Waals surface area contributed by atoms with Crippen LogP contribution in [0.2, 0.25) is 0 Å². The minimum absolute atomic E-state index is 0.507. The third-order valence-corrected chi connectivity index (χ3v) is 2.69. The van der Waals surface area contributed by atoms with Gasteiger partial charge < -0.3 is 10.3 Å². The fraction of sp³-hybridized carbons (Fsp3) is 0.250. The van der Waals surface area contributed by atoms with Gasteiger partial charge in [0.1, 0.15) is 0 Å². The van der Waals surface area contributed by atoms with E-state index in [1.807, 2.05) is 4.57 Å². The van der Waals surface area contributed by atoms with Crippen molar-refractivity contribution >= 4 is 0 Å².